The van der Waals surface area contributed by atoms with Gasteiger partial charge >= 0.3 is 0 Å². The van der Waals surface area contributed by atoms with Crippen molar-refractivity contribution in [1.82, 2.24) is 10.2 Å². The molecule has 2 bridgehead atoms. The lowest BCUT2D eigenvalue weighted by Crippen LogP contribution is -2.44. The fourth-order valence-corrected chi connectivity index (χ4v) is 4.69. The van der Waals surface area contributed by atoms with Crippen LogP contribution >= 0.6 is 11.6 Å². The summed E-state index contributed by atoms with van der Waals surface area (Å²) in [6.07, 6.45) is 4.30. The second-order valence-electron chi connectivity index (χ2n) is 7.53. The highest BCUT2D eigenvalue weighted by molar-refractivity contribution is 6.31. The van der Waals surface area contributed by atoms with E-state index in [1.165, 1.54) is 0 Å². The fraction of sp³-hybridized carbons (Fsp3) is 0.524. The van der Waals surface area contributed by atoms with Crippen LogP contribution in [0.15, 0.2) is 36.4 Å². The first kappa shape index (κ1) is 19.4. The molecule has 4 atom stereocenters. The van der Waals surface area contributed by atoms with Crippen molar-refractivity contribution in [2.24, 2.45) is 11.8 Å². The summed E-state index contributed by atoms with van der Waals surface area (Å²) in [5.41, 5.74) is 0.195. The average molecular weight is 405 g/mol. The number of benzene rings is 1. The summed E-state index contributed by atoms with van der Waals surface area (Å²) >= 11 is 6.26. The van der Waals surface area contributed by atoms with Gasteiger partial charge in [-0.3, -0.25) is 9.59 Å². The number of rotatable bonds is 8. The predicted molar refractivity (Wildman–Crippen MR) is 105 cm³/mol. The highest BCUT2D eigenvalue weighted by Gasteiger charge is 2.66. The Morgan fingerprint density at radius 2 is 2.25 bits per heavy atom. The van der Waals surface area contributed by atoms with Gasteiger partial charge in [0.25, 0.3) is 0 Å². The van der Waals surface area contributed by atoms with Crippen LogP contribution in [0.3, 0.4) is 0 Å². The number of hydrogen-bond donors (Lipinski definition) is 1. The number of likely N-dealkylation sites (tertiary alicyclic amines) is 1. The lowest BCUT2D eigenvalue weighted by Gasteiger charge is -2.23. The Balaban J connectivity index is 1.45. The van der Waals surface area contributed by atoms with Crippen LogP contribution in [-0.2, 0) is 25.6 Å². The number of hydrogen-bond acceptors (Lipinski definition) is 4. The van der Waals surface area contributed by atoms with Gasteiger partial charge in [0.05, 0.1) is 24.5 Å². The van der Waals surface area contributed by atoms with Gasteiger partial charge in [-0.05, 0) is 25.0 Å². The normalized spacial score (nSPS) is 30.1. The molecule has 3 aliphatic rings. The van der Waals surface area contributed by atoms with Crippen molar-refractivity contribution in [3.05, 3.63) is 47.0 Å². The summed E-state index contributed by atoms with van der Waals surface area (Å²) < 4.78 is 11.4. The third kappa shape index (κ3) is 3.34. The number of carbonyl (C=O) groups is 2. The number of ether oxygens (including phenoxy) is 2. The third-order valence-electron chi connectivity index (χ3n) is 5.77. The van der Waals surface area contributed by atoms with E-state index in [-0.39, 0.29) is 17.9 Å². The summed E-state index contributed by atoms with van der Waals surface area (Å²) in [5.74, 6) is -1.12. The van der Waals surface area contributed by atoms with Crippen LogP contribution < -0.4 is 5.32 Å². The smallest absolute Gasteiger partial charge is 0.230 e. The van der Waals surface area contributed by atoms with Gasteiger partial charge in [-0.15, -0.1) is 0 Å². The number of carbonyl (C=O) groups excluding carboxylic acids is 2. The molecule has 4 unspecified atom stereocenters. The Morgan fingerprint density at radius 3 is 3.04 bits per heavy atom. The first-order valence-electron chi connectivity index (χ1n) is 9.80. The van der Waals surface area contributed by atoms with Crippen LogP contribution in [0.4, 0.5) is 0 Å². The van der Waals surface area contributed by atoms with E-state index in [0.717, 1.165) is 12.0 Å². The molecule has 1 aromatic rings. The number of nitrogens with one attached hydrogen (secondary N) is 1. The first-order chi connectivity index (χ1) is 13.6. The monoisotopic (exact) mass is 404 g/mol. The molecule has 0 radical (unpaired) electrons. The summed E-state index contributed by atoms with van der Waals surface area (Å²) in [6, 6.07) is 7.50. The summed E-state index contributed by atoms with van der Waals surface area (Å²) in [7, 11) is 0. The SMILES string of the molecule is CCOCCCNC(=O)C1C2C=CC3(CN(Cc4ccccc4Cl)C(=O)C13)O2. The molecule has 3 aliphatic heterocycles. The lowest BCUT2D eigenvalue weighted by atomic mass is 9.77. The van der Waals surface area contributed by atoms with Crippen LogP contribution in [0.5, 0.6) is 0 Å². The van der Waals surface area contributed by atoms with Crippen molar-refractivity contribution in [2.45, 2.75) is 31.6 Å². The van der Waals surface area contributed by atoms with Crippen LogP contribution in [0.25, 0.3) is 0 Å². The molecular formula is C21H25ClN2O4. The maximum Gasteiger partial charge on any atom is 0.230 e. The Hall–Kier alpha value is -1.89. The molecule has 7 heteroatoms. The van der Waals surface area contributed by atoms with Crippen molar-refractivity contribution in [3.8, 4) is 0 Å². The van der Waals surface area contributed by atoms with Gasteiger partial charge in [0.15, 0.2) is 0 Å². The Labute approximate surface area is 169 Å². The Kier molecular flexibility index (Phi) is 5.45. The van der Waals surface area contributed by atoms with Gasteiger partial charge < -0.3 is 19.7 Å². The van der Waals surface area contributed by atoms with E-state index < -0.39 is 17.4 Å². The molecule has 0 saturated carbocycles. The van der Waals surface area contributed by atoms with E-state index >= 15 is 0 Å². The largest absolute Gasteiger partial charge is 0.382 e. The maximum absolute atomic E-state index is 13.2. The van der Waals surface area contributed by atoms with Crippen molar-refractivity contribution < 1.29 is 19.1 Å². The highest BCUT2D eigenvalue weighted by atomic mass is 35.5. The van der Waals surface area contributed by atoms with Gasteiger partial charge in [-0.1, -0.05) is 42.0 Å². The molecular weight excluding hydrogens is 380 g/mol. The standard InChI is InChI=1S/C21H25ClN2O4/c1-2-27-11-5-10-23-19(25)17-16-8-9-21(28-16)13-24(20(26)18(17)21)12-14-6-3-4-7-15(14)22/h3-4,6-9,16-18H,2,5,10-13H2,1H3,(H,23,25). The average Bonchev–Trinajstić information content (AvgIpc) is 3.32. The van der Waals surface area contributed by atoms with Crippen molar-refractivity contribution in [3.63, 3.8) is 0 Å². The van der Waals surface area contributed by atoms with E-state index in [1.807, 2.05) is 43.3 Å². The minimum atomic E-state index is -0.698. The van der Waals surface area contributed by atoms with Crippen LogP contribution in [0.1, 0.15) is 18.9 Å². The minimum absolute atomic E-state index is 0.0405. The predicted octanol–water partition coefficient (Wildman–Crippen LogP) is 2.16. The van der Waals surface area contributed by atoms with Crippen LogP contribution in [0.2, 0.25) is 5.02 Å². The van der Waals surface area contributed by atoms with Gasteiger partial charge in [0.2, 0.25) is 11.8 Å². The van der Waals surface area contributed by atoms with E-state index in [2.05, 4.69) is 5.32 Å². The van der Waals surface area contributed by atoms with Crippen LogP contribution in [-0.4, -0.2) is 54.7 Å². The zero-order valence-corrected chi connectivity index (χ0v) is 16.7. The summed E-state index contributed by atoms with van der Waals surface area (Å²) in [6.45, 7) is 4.61. The number of amides is 2. The molecule has 2 fully saturated rings. The minimum Gasteiger partial charge on any atom is -0.382 e. The van der Waals surface area contributed by atoms with E-state index in [1.54, 1.807) is 4.90 Å². The molecule has 0 aromatic heterocycles. The zero-order valence-electron chi connectivity index (χ0n) is 15.9. The molecule has 28 heavy (non-hydrogen) atoms. The number of nitrogens with zero attached hydrogens (tertiary/aromatic N) is 1. The topological polar surface area (TPSA) is 67.9 Å². The van der Waals surface area contributed by atoms with Gasteiger partial charge in [0, 0.05) is 31.3 Å². The zero-order chi connectivity index (χ0) is 19.7. The second-order valence-corrected chi connectivity index (χ2v) is 7.93. The molecule has 4 rings (SSSR count). The molecule has 2 saturated heterocycles. The van der Waals surface area contributed by atoms with E-state index in [0.29, 0.717) is 37.9 Å². The van der Waals surface area contributed by atoms with Crippen molar-refractivity contribution >= 4 is 23.4 Å². The van der Waals surface area contributed by atoms with Crippen molar-refractivity contribution in [2.75, 3.05) is 26.3 Å². The lowest BCUT2D eigenvalue weighted by molar-refractivity contribution is -0.137. The number of fused-ring (bicyclic) bond motifs is 1. The van der Waals surface area contributed by atoms with Gasteiger partial charge in [-0.25, -0.2) is 0 Å². The second kappa shape index (κ2) is 7.85. The quantitative estimate of drug-likeness (QED) is 0.532. The highest BCUT2D eigenvalue weighted by Crippen LogP contribution is 2.52. The summed E-state index contributed by atoms with van der Waals surface area (Å²) in [4.78, 5) is 27.8. The van der Waals surface area contributed by atoms with Gasteiger partial charge in [-0.2, -0.15) is 0 Å². The fourth-order valence-electron chi connectivity index (χ4n) is 4.49. The molecule has 2 amide bonds. The molecule has 3 heterocycles. The Bertz CT molecular complexity index is 798. The van der Waals surface area contributed by atoms with Gasteiger partial charge in [0.1, 0.15) is 5.60 Å². The molecule has 150 valence electrons. The van der Waals surface area contributed by atoms with Crippen molar-refractivity contribution in [1.29, 1.82) is 0 Å². The molecule has 1 N–H and O–H groups in total. The Morgan fingerprint density at radius 1 is 1.43 bits per heavy atom. The van der Waals surface area contributed by atoms with E-state index in [9.17, 15) is 9.59 Å². The van der Waals surface area contributed by atoms with Crippen LogP contribution in [0, 0.1) is 11.8 Å². The first-order valence-corrected chi connectivity index (χ1v) is 10.2. The third-order valence-corrected chi connectivity index (χ3v) is 6.14. The molecule has 1 aromatic carbocycles. The summed E-state index contributed by atoms with van der Waals surface area (Å²) in [5, 5.41) is 3.58. The molecule has 6 nitrogen and oxygen atoms in total. The molecule has 0 aliphatic carbocycles. The number of halogens is 1. The maximum atomic E-state index is 13.2. The van der Waals surface area contributed by atoms with E-state index in [4.69, 9.17) is 21.1 Å². The molecule has 1 spiro atoms.